The Kier molecular flexibility index (Phi) is 6.14. The molecule has 200 valence electrons. The van der Waals surface area contributed by atoms with Gasteiger partial charge < -0.3 is 14.4 Å². The zero-order valence-electron chi connectivity index (χ0n) is 20.2. The van der Waals surface area contributed by atoms with Crippen LogP contribution < -0.4 is 0 Å². The second-order valence-electron chi connectivity index (χ2n) is 10.3. The summed E-state index contributed by atoms with van der Waals surface area (Å²) in [5, 5.41) is 0. The zero-order valence-corrected chi connectivity index (χ0v) is 20.2. The second-order valence-corrected chi connectivity index (χ2v) is 10.3. The smallest absolute Gasteiger partial charge is 0.348 e. The highest BCUT2D eigenvalue weighted by atomic mass is 19.4. The van der Waals surface area contributed by atoms with Gasteiger partial charge in [-0.2, -0.15) is 26.3 Å². The first-order valence-corrected chi connectivity index (χ1v) is 12.2. The number of hydrogen-bond donors (Lipinski definition) is 0. The number of likely N-dealkylation sites (tertiary alicyclic amines) is 1. The molecular weight excluding hydrogens is 500 g/mol. The highest BCUT2D eigenvalue weighted by molar-refractivity contribution is 5.91. The average molecular weight is 528 g/mol. The van der Waals surface area contributed by atoms with Gasteiger partial charge >= 0.3 is 12.4 Å². The van der Waals surface area contributed by atoms with Crippen LogP contribution in [0.3, 0.4) is 0 Å². The predicted octanol–water partition coefficient (Wildman–Crippen LogP) is 6.43. The van der Waals surface area contributed by atoms with Crippen LogP contribution in [0.15, 0.2) is 48.5 Å². The molecule has 10 heteroatoms. The molecule has 1 spiro atoms. The van der Waals surface area contributed by atoms with Crippen LogP contribution >= 0.6 is 0 Å². The Bertz CT molecular complexity index is 1130. The van der Waals surface area contributed by atoms with Gasteiger partial charge in [-0.15, -0.1) is 0 Å². The van der Waals surface area contributed by atoms with E-state index in [2.05, 4.69) is 0 Å². The van der Waals surface area contributed by atoms with Crippen molar-refractivity contribution in [2.24, 2.45) is 0 Å². The summed E-state index contributed by atoms with van der Waals surface area (Å²) >= 11 is 0. The molecule has 2 heterocycles. The van der Waals surface area contributed by atoms with Gasteiger partial charge in [0.25, 0.3) is 0 Å². The molecule has 5 rings (SSSR count). The van der Waals surface area contributed by atoms with Crippen LogP contribution in [-0.4, -0.2) is 36.4 Å². The fraction of sp³-hybridized carbons (Fsp3) is 0.519. The quantitative estimate of drug-likeness (QED) is 0.432. The molecule has 1 amide bonds. The summed E-state index contributed by atoms with van der Waals surface area (Å²) in [4.78, 5) is 15.7. The van der Waals surface area contributed by atoms with E-state index < -0.39 is 46.1 Å². The lowest BCUT2D eigenvalue weighted by atomic mass is 9.72. The third-order valence-electron chi connectivity index (χ3n) is 8.26. The molecule has 1 saturated carbocycles. The lowest BCUT2D eigenvalue weighted by Crippen LogP contribution is -2.54. The summed E-state index contributed by atoms with van der Waals surface area (Å²) in [6, 6.07) is 10.8. The van der Waals surface area contributed by atoms with Gasteiger partial charge in [-0.3, -0.25) is 4.79 Å². The molecular formula is C27H27F6NO3. The van der Waals surface area contributed by atoms with Gasteiger partial charge in [0, 0.05) is 19.4 Å². The minimum atomic E-state index is -4.99. The van der Waals surface area contributed by atoms with Crippen molar-refractivity contribution >= 4 is 5.91 Å². The van der Waals surface area contributed by atoms with E-state index in [0.717, 1.165) is 5.56 Å². The number of benzene rings is 2. The van der Waals surface area contributed by atoms with Crippen molar-refractivity contribution in [3.8, 4) is 0 Å². The molecule has 2 saturated heterocycles. The number of nitrogens with zero attached hydrogens (tertiary/aromatic N) is 1. The van der Waals surface area contributed by atoms with E-state index in [0.29, 0.717) is 51.0 Å². The first-order valence-electron chi connectivity index (χ1n) is 12.2. The Morgan fingerprint density at radius 3 is 1.81 bits per heavy atom. The Morgan fingerprint density at radius 2 is 1.30 bits per heavy atom. The fourth-order valence-electron chi connectivity index (χ4n) is 6.08. The topological polar surface area (TPSA) is 38.8 Å². The number of halogens is 6. The number of ether oxygens (including phenoxy) is 2. The highest BCUT2D eigenvalue weighted by Gasteiger charge is 2.56. The van der Waals surface area contributed by atoms with Crippen LogP contribution in [0.5, 0.6) is 0 Å². The first kappa shape index (κ1) is 26.0. The summed E-state index contributed by atoms with van der Waals surface area (Å²) < 4.78 is 93.0. The molecule has 2 aromatic rings. The third-order valence-corrected chi connectivity index (χ3v) is 8.26. The summed E-state index contributed by atoms with van der Waals surface area (Å²) in [5.41, 5.74) is -4.56. The lowest BCUT2D eigenvalue weighted by Gasteiger charge is -2.49. The standard InChI is InChI=1S/C27H27F6NO3/c1-23(19-15-20(26(28,29)30)17-21(16-19)27(31,32)33)11-12-34(22(23)35)24(18-5-3-2-4-6-18)7-9-25(10-8-24)36-13-14-37-25/h2-6,15-17H,7-14H2,1H3. The van der Waals surface area contributed by atoms with E-state index in [-0.39, 0.29) is 24.6 Å². The van der Waals surface area contributed by atoms with Crippen molar-refractivity contribution in [2.75, 3.05) is 19.8 Å². The monoisotopic (exact) mass is 527 g/mol. The van der Waals surface area contributed by atoms with E-state index in [1.54, 1.807) is 4.90 Å². The maximum atomic E-state index is 14.0. The number of hydrogen-bond acceptors (Lipinski definition) is 3. The molecule has 2 aromatic carbocycles. The van der Waals surface area contributed by atoms with Crippen molar-refractivity contribution in [2.45, 2.75) is 68.1 Å². The first-order chi connectivity index (χ1) is 17.3. The Labute approximate surface area is 210 Å². The van der Waals surface area contributed by atoms with E-state index in [9.17, 15) is 31.1 Å². The van der Waals surface area contributed by atoms with Crippen LogP contribution in [0.25, 0.3) is 0 Å². The minimum Gasteiger partial charge on any atom is -0.348 e. The molecule has 4 nitrogen and oxygen atoms in total. The average Bonchev–Trinajstić information content (AvgIpc) is 3.44. The van der Waals surface area contributed by atoms with Gasteiger partial charge in [-0.1, -0.05) is 30.3 Å². The Hall–Kier alpha value is -2.59. The maximum Gasteiger partial charge on any atom is 0.416 e. The SMILES string of the molecule is CC1(c2cc(C(F)(F)F)cc(C(F)(F)F)c2)CCN(C2(c3ccccc3)CCC3(CC2)OCCO3)C1=O. The number of amides is 1. The molecule has 0 aromatic heterocycles. The minimum absolute atomic E-state index is 0.0944. The molecule has 1 unspecified atom stereocenters. The summed E-state index contributed by atoms with van der Waals surface area (Å²) in [5.74, 6) is -1.19. The summed E-state index contributed by atoms with van der Waals surface area (Å²) in [6.07, 6.45) is -7.86. The zero-order chi connectivity index (χ0) is 26.7. The van der Waals surface area contributed by atoms with E-state index >= 15 is 0 Å². The number of carbonyl (C=O) groups is 1. The fourth-order valence-corrected chi connectivity index (χ4v) is 6.08. The largest absolute Gasteiger partial charge is 0.416 e. The van der Waals surface area contributed by atoms with Crippen LogP contribution in [0.4, 0.5) is 26.3 Å². The lowest BCUT2D eigenvalue weighted by molar-refractivity contribution is -0.196. The van der Waals surface area contributed by atoms with Crippen LogP contribution in [0, 0.1) is 0 Å². The van der Waals surface area contributed by atoms with Gasteiger partial charge in [0.15, 0.2) is 5.79 Å². The van der Waals surface area contributed by atoms with Gasteiger partial charge in [0.05, 0.1) is 35.3 Å². The van der Waals surface area contributed by atoms with Gasteiger partial charge in [0.2, 0.25) is 5.91 Å². The normalized spacial score (nSPS) is 25.7. The van der Waals surface area contributed by atoms with Gasteiger partial charge in [0.1, 0.15) is 0 Å². The molecule has 3 fully saturated rings. The van der Waals surface area contributed by atoms with E-state index in [4.69, 9.17) is 9.47 Å². The van der Waals surface area contributed by atoms with Gasteiger partial charge in [-0.25, -0.2) is 0 Å². The van der Waals surface area contributed by atoms with Crippen LogP contribution in [-0.2, 0) is 37.6 Å². The molecule has 1 atom stereocenters. The summed E-state index contributed by atoms with van der Waals surface area (Å²) in [7, 11) is 0. The molecule has 0 radical (unpaired) electrons. The molecule has 0 N–H and O–H groups in total. The van der Waals surface area contributed by atoms with Crippen LogP contribution in [0.2, 0.25) is 0 Å². The molecule has 1 aliphatic carbocycles. The molecule has 0 bridgehead atoms. The van der Waals surface area contributed by atoms with Crippen molar-refractivity contribution in [1.82, 2.24) is 4.90 Å². The Balaban J connectivity index is 1.55. The van der Waals surface area contributed by atoms with E-state index in [1.165, 1.54) is 6.92 Å². The predicted molar refractivity (Wildman–Crippen MR) is 121 cm³/mol. The number of alkyl halides is 6. The van der Waals surface area contributed by atoms with E-state index in [1.807, 2.05) is 30.3 Å². The molecule has 37 heavy (non-hydrogen) atoms. The Morgan fingerprint density at radius 1 is 0.757 bits per heavy atom. The van der Waals surface area contributed by atoms with Crippen molar-refractivity contribution in [1.29, 1.82) is 0 Å². The summed E-state index contributed by atoms with van der Waals surface area (Å²) in [6.45, 7) is 2.61. The molecule has 3 aliphatic rings. The second kappa shape index (κ2) is 8.73. The third kappa shape index (κ3) is 4.41. The van der Waals surface area contributed by atoms with Crippen molar-refractivity contribution < 1.29 is 40.6 Å². The maximum absolute atomic E-state index is 14.0. The highest BCUT2D eigenvalue weighted by Crippen LogP contribution is 2.52. The number of rotatable bonds is 3. The van der Waals surface area contributed by atoms with Gasteiger partial charge in [-0.05, 0) is 55.5 Å². The van der Waals surface area contributed by atoms with Crippen LogP contribution in [0.1, 0.15) is 61.3 Å². The number of carbonyl (C=O) groups excluding carboxylic acids is 1. The van der Waals surface area contributed by atoms with Crippen molar-refractivity contribution in [3.63, 3.8) is 0 Å². The molecule has 2 aliphatic heterocycles. The van der Waals surface area contributed by atoms with Crippen molar-refractivity contribution in [3.05, 3.63) is 70.8 Å².